The van der Waals surface area contributed by atoms with Crippen LogP contribution in [0.2, 0.25) is 4.34 Å². The lowest BCUT2D eigenvalue weighted by Gasteiger charge is -2.14. The van der Waals surface area contributed by atoms with Gasteiger partial charge in [0.2, 0.25) is 0 Å². The van der Waals surface area contributed by atoms with Crippen LogP contribution in [-0.2, 0) is 0 Å². The fraction of sp³-hybridized carbons (Fsp3) is 0.143. The summed E-state index contributed by atoms with van der Waals surface area (Å²) < 4.78 is 2.53. The van der Waals surface area contributed by atoms with E-state index in [0.717, 1.165) is 15.8 Å². The highest BCUT2D eigenvalue weighted by Gasteiger charge is 2.08. The topological polar surface area (TPSA) is 42.7 Å². The molecule has 3 aromatic rings. The van der Waals surface area contributed by atoms with Crippen LogP contribution < -0.4 is 5.32 Å². The van der Waals surface area contributed by atoms with Crippen LogP contribution in [0.15, 0.2) is 48.2 Å². The van der Waals surface area contributed by atoms with Crippen molar-refractivity contribution >= 4 is 28.6 Å². The number of anilines is 1. The highest BCUT2D eigenvalue weighted by molar-refractivity contribution is 7.14. The minimum Gasteiger partial charge on any atom is -0.377 e. The van der Waals surface area contributed by atoms with E-state index in [1.165, 1.54) is 5.56 Å². The minimum atomic E-state index is 0.191. The van der Waals surface area contributed by atoms with Gasteiger partial charge in [0, 0.05) is 18.4 Å². The van der Waals surface area contributed by atoms with Crippen molar-refractivity contribution in [2.45, 2.75) is 13.0 Å². The molecule has 6 heteroatoms. The molecule has 0 amide bonds. The van der Waals surface area contributed by atoms with Gasteiger partial charge in [0.25, 0.3) is 0 Å². The molecule has 0 fully saturated rings. The van der Waals surface area contributed by atoms with Crippen molar-refractivity contribution in [2.75, 3.05) is 5.32 Å². The molecule has 0 aliphatic rings. The first-order valence-electron chi connectivity index (χ1n) is 6.19. The van der Waals surface area contributed by atoms with Gasteiger partial charge in [-0.05, 0) is 42.1 Å². The summed E-state index contributed by atoms with van der Waals surface area (Å²) in [4.78, 5) is 4.39. The van der Waals surface area contributed by atoms with Crippen LogP contribution in [-0.4, -0.2) is 14.8 Å². The Bertz CT molecular complexity index is 676. The number of nitrogens with zero attached hydrogens (tertiary/aromatic N) is 3. The van der Waals surface area contributed by atoms with Crippen LogP contribution in [0.25, 0.3) is 5.82 Å². The van der Waals surface area contributed by atoms with Gasteiger partial charge in [-0.25, -0.2) is 9.67 Å². The molecule has 1 N–H and O–H groups in total. The Hall–Kier alpha value is -1.85. The lowest BCUT2D eigenvalue weighted by Crippen LogP contribution is -2.06. The second-order valence-corrected chi connectivity index (χ2v) is 5.95. The normalized spacial score (nSPS) is 12.3. The van der Waals surface area contributed by atoms with E-state index in [2.05, 4.69) is 27.7 Å². The third-order valence-corrected chi connectivity index (χ3v) is 4.07. The SMILES string of the molecule is CC(Nc1ccc(-n2cccn2)nc1)c1csc(Cl)c1. The number of pyridine rings is 1. The zero-order valence-electron chi connectivity index (χ0n) is 10.8. The second-order valence-electron chi connectivity index (χ2n) is 4.41. The number of thiophene rings is 1. The zero-order chi connectivity index (χ0) is 13.9. The fourth-order valence-corrected chi connectivity index (χ4v) is 2.88. The van der Waals surface area contributed by atoms with E-state index in [-0.39, 0.29) is 6.04 Å². The highest BCUT2D eigenvalue weighted by atomic mass is 35.5. The molecule has 4 nitrogen and oxygen atoms in total. The van der Waals surface area contributed by atoms with Gasteiger partial charge in [0.05, 0.1) is 16.2 Å². The van der Waals surface area contributed by atoms with E-state index in [4.69, 9.17) is 11.6 Å². The molecule has 3 rings (SSSR count). The Kier molecular flexibility index (Phi) is 3.71. The number of aromatic nitrogens is 3. The van der Waals surface area contributed by atoms with Crippen molar-refractivity contribution in [3.8, 4) is 5.82 Å². The molecule has 1 atom stereocenters. The molecule has 0 aliphatic carbocycles. The Labute approximate surface area is 126 Å². The summed E-state index contributed by atoms with van der Waals surface area (Å²) in [5, 5.41) is 9.61. The van der Waals surface area contributed by atoms with E-state index in [9.17, 15) is 0 Å². The Morgan fingerprint density at radius 3 is 2.90 bits per heavy atom. The maximum Gasteiger partial charge on any atom is 0.153 e. The fourth-order valence-electron chi connectivity index (χ4n) is 1.90. The van der Waals surface area contributed by atoms with E-state index >= 15 is 0 Å². The van der Waals surface area contributed by atoms with Crippen LogP contribution in [0.5, 0.6) is 0 Å². The second kappa shape index (κ2) is 5.64. The van der Waals surface area contributed by atoms with Crippen LogP contribution >= 0.6 is 22.9 Å². The number of hydrogen-bond acceptors (Lipinski definition) is 4. The van der Waals surface area contributed by atoms with E-state index < -0.39 is 0 Å². The van der Waals surface area contributed by atoms with Gasteiger partial charge in [0.15, 0.2) is 5.82 Å². The van der Waals surface area contributed by atoms with Crippen LogP contribution in [0, 0.1) is 0 Å². The van der Waals surface area contributed by atoms with Gasteiger partial charge < -0.3 is 5.32 Å². The Balaban J connectivity index is 1.72. The lowest BCUT2D eigenvalue weighted by atomic mass is 10.2. The lowest BCUT2D eigenvalue weighted by molar-refractivity contribution is 0.843. The van der Waals surface area contributed by atoms with Gasteiger partial charge >= 0.3 is 0 Å². The van der Waals surface area contributed by atoms with E-state index in [1.807, 2.05) is 36.7 Å². The van der Waals surface area contributed by atoms with E-state index in [0.29, 0.717) is 0 Å². The average molecular weight is 305 g/mol. The summed E-state index contributed by atoms with van der Waals surface area (Å²) in [6.07, 6.45) is 5.41. The summed E-state index contributed by atoms with van der Waals surface area (Å²) >= 11 is 7.50. The molecule has 0 saturated heterocycles. The summed E-state index contributed by atoms with van der Waals surface area (Å²) in [5.74, 6) is 0.798. The number of halogens is 1. The van der Waals surface area contributed by atoms with Crippen LogP contribution in [0.3, 0.4) is 0 Å². The van der Waals surface area contributed by atoms with E-state index in [1.54, 1.807) is 22.2 Å². The number of nitrogens with one attached hydrogen (secondary N) is 1. The van der Waals surface area contributed by atoms with Gasteiger partial charge in [-0.3, -0.25) is 0 Å². The largest absolute Gasteiger partial charge is 0.377 e. The van der Waals surface area contributed by atoms with Crippen molar-refractivity contribution in [1.82, 2.24) is 14.8 Å². The molecule has 1 unspecified atom stereocenters. The zero-order valence-corrected chi connectivity index (χ0v) is 12.4. The molecule has 0 aromatic carbocycles. The highest BCUT2D eigenvalue weighted by Crippen LogP contribution is 2.26. The molecule has 0 saturated carbocycles. The van der Waals surface area contributed by atoms with Gasteiger partial charge in [-0.2, -0.15) is 5.10 Å². The quantitative estimate of drug-likeness (QED) is 0.787. The van der Waals surface area contributed by atoms with Crippen molar-refractivity contribution in [1.29, 1.82) is 0 Å². The van der Waals surface area contributed by atoms with Crippen molar-refractivity contribution in [3.63, 3.8) is 0 Å². The van der Waals surface area contributed by atoms with Gasteiger partial charge in [0.1, 0.15) is 0 Å². The monoisotopic (exact) mass is 304 g/mol. The smallest absolute Gasteiger partial charge is 0.153 e. The predicted octanol–water partition coefficient (Wildman–Crippen LogP) is 4.16. The first-order valence-corrected chi connectivity index (χ1v) is 7.44. The summed E-state index contributed by atoms with van der Waals surface area (Å²) in [5.41, 5.74) is 2.15. The standard InChI is InChI=1S/C14H13ClN4S/c1-10(11-7-13(15)20-9-11)18-12-3-4-14(16-8-12)19-6-2-5-17-19/h2-10,18H,1H3. The maximum atomic E-state index is 5.95. The van der Waals surface area contributed by atoms with Gasteiger partial charge in [-0.15, -0.1) is 11.3 Å². The minimum absolute atomic E-state index is 0.191. The summed E-state index contributed by atoms with van der Waals surface area (Å²) in [6.45, 7) is 2.10. The summed E-state index contributed by atoms with van der Waals surface area (Å²) in [7, 11) is 0. The van der Waals surface area contributed by atoms with Crippen LogP contribution in [0.1, 0.15) is 18.5 Å². The molecule has 102 valence electrons. The molecular weight excluding hydrogens is 292 g/mol. The molecule has 0 aliphatic heterocycles. The summed E-state index contributed by atoms with van der Waals surface area (Å²) in [6, 6.07) is 7.97. The first kappa shape index (κ1) is 13.1. The number of hydrogen-bond donors (Lipinski definition) is 1. The Morgan fingerprint density at radius 1 is 1.40 bits per heavy atom. The molecule has 3 aromatic heterocycles. The van der Waals surface area contributed by atoms with Crippen molar-refractivity contribution in [2.24, 2.45) is 0 Å². The molecule has 0 radical (unpaired) electrons. The van der Waals surface area contributed by atoms with Crippen molar-refractivity contribution in [3.05, 3.63) is 58.1 Å². The number of rotatable bonds is 4. The molecule has 20 heavy (non-hydrogen) atoms. The molecule has 3 heterocycles. The first-order chi connectivity index (χ1) is 9.72. The van der Waals surface area contributed by atoms with Gasteiger partial charge in [-0.1, -0.05) is 11.6 Å². The third kappa shape index (κ3) is 2.84. The molecule has 0 spiro atoms. The van der Waals surface area contributed by atoms with Crippen LogP contribution in [0.4, 0.5) is 5.69 Å². The van der Waals surface area contributed by atoms with Crippen molar-refractivity contribution < 1.29 is 0 Å². The predicted molar refractivity (Wildman–Crippen MR) is 82.7 cm³/mol. The Morgan fingerprint density at radius 2 is 2.30 bits per heavy atom. The maximum absolute atomic E-state index is 5.95. The third-order valence-electron chi connectivity index (χ3n) is 2.96. The average Bonchev–Trinajstić information content (AvgIpc) is 3.10. The molecular formula is C14H13ClN4S. The molecule has 0 bridgehead atoms.